The number of amides is 4. The van der Waals surface area contributed by atoms with E-state index in [0.717, 1.165) is 27.4 Å². The third kappa shape index (κ3) is 12.9. The van der Waals surface area contributed by atoms with E-state index in [4.69, 9.17) is 28.7 Å². The van der Waals surface area contributed by atoms with Gasteiger partial charge < -0.3 is 65.0 Å². The van der Waals surface area contributed by atoms with Crippen molar-refractivity contribution < 1.29 is 29.1 Å². The van der Waals surface area contributed by atoms with Gasteiger partial charge in [-0.25, -0.2) is 4.79 Å². The number of aromatic nitrogens is 2. The van der Waals surface area contributed by atoms with Crippen molar-refractivity contribution in [3.63, 3.8) is 0 Å². The summed E-state index contributed by atoms with van der Waals surface area (Å²) in [4.78, 5) is 81.1. The first-order valence-electron chi connectivity index (χ1n) is 18.3. The number of thiol groups is 1. The van der Waals surface area contributed by atoms with Gasteiger partial charge >= 0.3 is 5.97 Å². The van der Waals surface area contributed by atoms with Crippen LogP contribution in [-0.4, -0.2) is 106 Å². The molecule has 4 amide bonds. The van der Waals surface area contributed by atoms with Crippen LogP contribution in [0, 0.1) is 0 Å². The minimum absolute atomic E-state index is 0.0128. The van der Waals surface area contributed by atoms with Crippen LogP contribution in [0.15, 0.2) is 70.9 Å². The first-order valence-corrected chi connectivity index (χ1v) is 18.9. The van der Waals surface area contributed by atoms with Gasteiger partial charge in [-0.05, 0) is 55.4 Å². The molecule has 0 aliphatic rings. The van der Waals surface area contributed by atoms with Crippen LogP contribution < -0.4 is 49.9 Å². The Bertz CT molecular complexity index is 2070. The lowest BCUT2D eigenvalue weighted by molar-refractivity contribution is -0.141. The van der Waals surface area contributed by atoms with Crippen LogP contribution in [-0.2, 0) is 36.8 Å². The molecule has 306 valence electrons. The Morgan fingerprint density at radius 2 is 1.05 bits per heavy atom. The lowest BCUT2D eigenvalue weighted by atomic mass is 10.0. The van der Waals surface area contributed by atoms with E-state index in [1.54, 1.807) is 12.4 Å². The van der Waals surface area contributed by atoms with E-state index in [1.807, 2.05) is 48.5 Å². The summed E-state index contributed by atoms with van der Waals surface area (Å²) in [6.07, 6.45) is 4.19. The summed E-state index contributed by atoms with van der Waals surface area (Å²) in [5.74, 6) is -4.69. The number of hydrogen-bond acceptors (Lipinski definition) is 9. The number of rotatable bonds is 22. The molecule has 4 aromatic rings. The highest BCUT2D eigenvalue weighted by molar-refractivity contribution is 7.80. The van der Waals surface area contributed by atoms with Crippen molar-refractivity contribution in [3.8, 4) is 0 Å². The zero-order chi connectivity index (χ0) is 41.5. The van der Waals surface area contributed by atoms with Crippen LogP contribution in [0.5, 0.6) is 0 Å². The first-order chi connectivity index (χ1) is 27.3. The lowest BCUT2D eigenvalue weighted by Gasteiger charge is -2.26. The van der Waals surface area contributed by atoms with E-state index in [0.29, 0.717) is 5.56 Å². The Balaban J connectivity index is 1.57. The lowest BCUT2D eigenvalue weighted by Crippen LogP contribution is -2.59. The van der Waals surface area contributed by atoms with Gasteiger partial charge in [0, 0.05) is 59.5 Å². The number of aromatic amines is 2. The topological polar surface area (TPSA) is 340 Å². The van der Waals surface area contributed by atoms with E-state index >= 15 is 0 Å². The van der Waals surface area contributed by atoms with Crippen LogP contribution in [0.4, 0.5) is 0 Å². The molecule has 0 radical (unpaired) electrons. The van der Waals surface area contributed by atoms with Crippen molar-refractivity contribution in [1.29, 1.82) is 0 Å². The molecule has 2 aromatic carbocycles. The average Bonchev–Trinajstić information content (AvgIpc) is 3.79. The molecule has 4 rings (SSSR count). The molecule has 20 heteroatoms. The molecule has 0 aliphatic carbocycles. The van der Waals surface area contributed by atoms with Crippen LogP contribution >= 0.6 is 12.6 Å². The van der Waals surface area contributed by atoms with Gasteiger partial charge in [-0.3, -0.25) is 29.2 Å². The number of carbonyl (C=O) groups excluding carboxylic acids is 4. The summed E-state index contributed by atoms with van der Waals surface area (Å²) in [6.45, 7) is 0.269. The molecule has 19 nitrogen and oxygen atoms in total. The number of nitrogens with two attached hydrogens (primary N) is 5. The number of carbonyl (C=O) groups is 5. The van der Waals surface area contributed by atoms with Crippen molar-refractivity contribution in [2.75, 3.05) is 18.8 Å². The molecule has 17 N–H and O–H groups in total. The van der Waals surface area contributed by atoms with E-state index < -0.39 is 59.8 Å². The van der Waals surface area contributed by atoms with Gasteiger partial charge in [0.1, 0.15) is 24.2 Å². The molecule has 0 spiro atoms. The molecule has 0 saturated carbocycles. The van der Waals surface area contributed by atoms with Crippen LogP contribution in [0.1, 0.15) is 36.8 Å². The van der Waals surface area contributed by atoms with Crippen molar-refractivity contribution in [2.24, 2.45) is 38.7 Å². The molecule has 0 saturated heterocycles. The normalized spacial score (nSPS) is 13.7. The number of para-hydroxylation sites is 2. The molecular formula is C37H51N13O6S. The second-order valence-corrected chi connectivity index (χ2v) is 13.8. The predicted molar refractivity (Wildman–Crippen MR) is 221 cm³/mol. The number of nitrogens with one attached hydrogen (secondary N) is 6. The fourth-order valence-corrected chi connectivity index (χ4v) is 6.43. The largest absolute Gasteiger partial charge is 0.480 e. The highest BCUT2D eigenvalue weighted by atomic mass is 32.1. The van der Waals surface area contributed by atoms with Gasteiger partial charge in [0.15, 0.2) is 11.9 Å². The highest BCUT2D eigenvalue weighted by Gasteiger charge is 2.32. The fourth-order valence-electron chi connectivity index (χ4n) is 6.19. The molecule has 0 aliphatic heterocycles. The van der Waals surface area contributed by atoms with E-state index in [-0.39, 0.29) is 69.3 Å². The average molecular weight is 806 g/mol. The molecular weight excluding hydrogens is 755 g/mol. The Labute approximate surface area is 333 Å². The zero-order valence-corrected chi connectivity index (χ0v) is 32.1. The second kappa shape index (κ2) is 21.1. The highest BCUT2D eigenvalue weighted by Crippen LogP contribution is 2.20. The number of carboxylic acid groups (broad SMARTS) is 1. The van der Waals surface area contributed by atoms with E-state index in [9.17, 15) is 29.1 Å². The summed E-state index contributed by atoms with van der Waals surface area (Å²) >= 11 is 4.05. The molecule has 0 fully saturated rings. The zero-order valence-electron chi connectivity index (χ0n) is 31.2. The summed E-state index contributed by atoms with van der Waals surface area (Å²) in [6, 6.07) is 8.80. The Hall–Kier alpha value is -6.28. The van der Waals surface area contributed by atoms with Crippen molar-refractivity contribution in [1.82, 2.24) is 31.2 Å². The van der Waals surface area contributed by atoms with E-state index in [1.165, 1.54) is 0 Å². The number of nitrogens with zero attached hydrogens (tertiary/aromatic N) is 2. The molecule has 0 bridgehead atoms. The number of H-pyrrole nitrogens is 2. The van der Waals surface area contributed by atoms with Gasteiger partial charge in [-0.2, -0.15) is 12.6 Å². The smallest absolute Gasteiger partial charge is 0.327 e. The van der Waals surface area contributed by atoms with E-state index in [2.05, 4.69) is 53.8 Å². The monoisotopic (exact) mass is 805 g/mol. The maximum Gasteiger partial charge on any atom is 0.327 e. The number of guanidine groups is 2. The molecule has 0 unspecified atom stereocenters. The molecule has 2 aromatic heterocycles. The number of carboxylic acids is 1. The number of aliphatic carboxylic acids is 1. The Morgan fingerprint density at radius 3 is 1.53 bits per heavy atom. The van der Waals surface area contributed by atoms with Crippen LogP contribution in [0.2, 0.25) is 0 Å². The van der Waals surface area contributed by atoms with Crippen molar-refractivity contribution >= 4 is 76.0 Å². The summed E-state index contributed by atoms with van der Waals surface area (Å²) in [5, 5.41) is 21.9. The summed E-state index contributed by atoms with van der Waals surface area (Å²) < 4.78 is 0. The summed E-state index contributed by atoms with van der Waals surface area (Å²) in [5.41, 5.74) is 31.4. The number of fused-ring (bicyclic) bond motifs is 2. The third-order valence-electron chi connectivity index (χ3n) is 9.14. The van der Waals surface area contributed by atoms with Crippen LogP contribution in [0.25, 0.3) is 21.8 Å². The first kappa shape index (κ1) is 43.4. The van der Waals surface area contributed by atoms with Crippen LogP contribution in [0.3, 0.4) is 0 Å². The SMILES string of the molecule is NC(N)=NCCC[C@H](NC(=O)[C@H](CCCN=C(N)N)NC(=O)[C@@H](N)Cc1c[nH]c2ccccc12)C(=O)N[C@@H](Cc1c[nH]c2ccccc12)C(=O)N[C@@H](CS)C(=O)O. The van der Waals surface area contributed by atoms with Gasteiger partial charge in [0.2, 0.25) is 23.6 Å². The van der Waals surface area contributed by atoms with Crippen molar-refractivity contribution in [3.05, 3.63) is 72.1 Å². The molecule has 5 atom stereocenters. The van der Waals surface area contributed by atoms with Gasteiger partial charge in [-0.15, -0.1) is 0 Å². The summed E-state index contributed by atoms with van der Waals surface area (Å²) in [7, 11) is 0. The molecule has 2 heterocycles. The number of benzene rings is 2. The number of hydrogen-bond donors (Lipinski definition) is 13. The maximum atomic E-state index is 14.1. The Morgan fingerprint density at radius 1 is 0.632 bits per heavy atom. The third-order valence-corrected chi connectivity index (χ3v) is 9.50. The van der Waals surface area contributed by atoms with Gasteiger partial charge in [-0.1, -0.05) is 36.4 Å². The number of aliphatic imine (C=N–C) groups is 2. The second-order valence-electron chi connectivity index (χ2n) is 13.4. The van der Waals surface area contributed by atoms with Gasteiger partial charge in [0.25, 0.3) is 0 Å². The van der Waals surface area contributed by atoms with Gasteiger partial charge in [0.05, 0.1) is 6.04 Å². The standard InChI is InChI=1S/C37H51N13O6S/c38-24(15-20-17-45-25-9-3-1-7-22(20)25)31(51)47-27(11-5-13-43-36(39)40)32(52)48-28(12-6-14-44-37(41)42)33(53)49-29(34(54)50-30(19-57)35(55)56)16-21-18-46-26-10-4-2-8-23(21)26/h1-4,7-10,17-18,24,27-30,45-46,57H,5-6,11-16,19,38H2,(H,47,51)(H,48,52)(H,49,53)(H,50,54)(H,55,56)(H4,39,40,43)(H4,41,42,44)/t24-,27-,28-,29-,30-/m0/s1. The predicted octanol–water partition coefficient (Wildman–Crippen LogP) is -1.18. The Kier molecular flexibility index (Phi) is 16.1. The van der Waals surface area contributed by atoms with Crippen molar-refractivity contribution in [2.45, 2.75) is 68.7 Å². The molecule has 57 heavy (non-hydrogen) atoms. The minimum Gasteiger partial charge on any atom is -0.480 e. The fraction of sp³-hybridized carbons (Fsp3) is 0.378. The minimum atomic E-state index is -1.34. The maximum absolute atomic E-state index is 14.1. The quantitative estimate of drug-likeness (QED) is 0.0194.